The summed E-state index contributed by atoms with van der Waals surface area (Å²) in [5.41, 5.74) is 3.19. The third kappa shape index (κ3) is 3.62. The molecule has 0 amide bonds. The van der Waals surface area contributed by atoms with Crippen LogP contribution in [0.15, 0.2) is 28.7 Å². The second-order valence-corrected chi connectivity index (χ2v) is 4.73. The van der Waals surface area contributed by atoms with E-state index in [0.29, 0.717) is 11.6 Å². The molecular weight excluding hydrogens is 315 g/mol. The summed E-state index contributed by atoms with van der Waals surface area (Å²) in [6, 6.07) is 6.17. The van der Waals surface area contributed by atoms with Crippen LogP contribution < -0.4 is 16.0 Å². The summed E-state index contributed by atoms with van der Waals surface area (Å²) < 4.78 is 19.6. The van der Waals surface area contributed by atoms with Crippen molar-refractivity contribution in [3.8, 4) is 5.75 Å². The van der Waals surface area contributed by atoms with Crippen molar-refractivity contribution in [3.05, 3.63) is 46.1 Å². The fraction of sp³-hybridized carbons (Fsp3) is 0.167. The maximum atomic E-state index is 13.5. The van der Waals surface area contributed by atoms with Crippen molar-refractivity contribution in [2.24, 2.45) is 5.84 Å². The topological polar surface area (TPSA) is 73.1 Å². The Labute approximate surface area is 118 Å². The van der Waals surface area contributed by atoms with Crippen LogP contribution in [0.5, 0.6) is 5.75 Å². The summed E-state index contributed by atoms with van der Waals surface area (Å²) in [5.74, 6) is 5.91. The van der Waals surface area contributed by atoms with Crippen LogP contribution in [0.25, 0.3) is 0 Å². The fourth-order valence-corrected chi connectivity index (χ4v) is 1.84. The van der Waals surface area contributed by atoms with Gasteiger partial charge in [0.2, 0.25) is 0 Å². The van der Waals surface area contributed by atoms with Gasteiger partial charge in [-0.1, -0.05) is 15.9 Å². The maximum absolute atomic E-state index is 13.5. The first-order chi connectivity index (χ1) is 9.08. The van der Waals surface area contributed by atoms with Crippen molar-refractivity contribution < 1.29 is 9.13 Å². The number of hydrogen-bond donors (Lipinski definition) is 2. The molecule has 2 aromatic rings. The van der Waals surface area contributed by atoms with E-state index in [0.717, 1.165) is 10.2 Å². The Bertz CT molecular complexity index is 594. The van der Waals surface area contributed by atoms with Crippen molar-refractivity contribution in [3.63, 3.8) is 0 Å². The van der Waals surface area contributed by atoms with Gasteiger partial charge in [0.15, 0.2) is 17.4 Å². The summed E-state index contributed by atoms with van der Waals surface area (Å²) >= 11 is 3.25. The highest BCUT2D eigenvalue weighted by atomic mass is 79.9. The molecule has 5 nitrogen and oxygen atoms in total. The van der Waals surface area contributed by atoms with Gasteiger partial charge in [-0.25, -0.2) is 20.2 Å². The average molecular weight is 327 g/mol. The summed E-state index contributed by atoms with van der Waals surface area (Å²) in [7, 11) is 0. The van der Waals surface area contributed by atoms with Gasteiger partial charge in [0, 0.05) is 16.2 Å². The van der Waals surface area contributed by atoms with Crippen molar-refractivity contribution in [2.75, 3.05) is 5.43 Å². The summed E-state index contributed by atoms with van der Waals surface area (Å²) in [4.78, 5) is 8.30. The molecule has 19 heavy (non-hydrogen) atoms. The van der Waals surface area contributed by atoms with E-state index in [9.17, 15) is 4.39 Å². The van der Waals surface area contributed by atoms with Crippen molar-refractivity contribution in [1.82, 2.24) is 9.97 Å². The van der Waals surface area contributed by atoms with Crippen LogP contribution in [-0.4, -0.2) is 9.97 Å². The number of benzene rings is 1. The first kappa shape index (κ1) is 13.7. The van der Waals surface area contributed by atoms with Gasteiger partial charge in [-0.3, -0.25) is 0 Å². The monoisotopic (exact) mass is 326 g/mol. The molecule has 3 N–H and O–H groups in total. The lowest BCUT2D eigenvalue weighted by Gasteiger charge is -2.08. The smallest absolute Gasteiger partial charge is 0.168 e. The highest BCUT2D eigenvalue weighted by molar-refractivity contribution is 9.10. The molecule has 1 heterocycles. The first-order valence-electron chi connectivity index (χ1n) is 5.47. The van der Waals surface area contributed by atoms with Crippen LogP contribution in [0.4, 0.5) is 10.2 Å². The molecule has 1 aromatic carbocycles. The molecule has 0 aliphatic rings. The second-order valence-electron chi connectivity index (χ2n) is 3.82. The molecule has 0 radical (unpaired) electrons. The number of nitrogen functional groups attached to an aromatic ring is 1. The largest absolute Gasteiger partial charge is 0.482 e. The third-order valence-corrected chi connectivity index (χ3v) is 2.79. The van der Waals surface area contributed by atoms with Crippen LogP contribution >= 0.6 is 15.9 Å². The van der Waals surface area contributed by atoms with E-state index in [1.165, 1.54) is 6.07 Å². The average Bonchev–Trinajstić information content (AvgIpc) is 2.39. The third-order valence-electron chi connectivity index (χ3n) is 2.30. The molecule has 0 atom stereocenters. The molecule has 1 aromatic heterocycles. The molecule has 2 rings (SSSR count). The highest BCUT2D eigenvalue weighted by Crippen LogP contribution is 2.22. The molecular formula is C12H12BrFN4O. The number of hydrazine groups is 1. The van der Waals surface area contributed by atoms with Gasteiger partial charge in [-0.2, -0.15) is 0 Å². The predicted molar refractivity (Wildman–Crippen MR) is 73.0 cm³/mol. The van der Waals surface area contributed by atoms with Gasteiger partial charge >= 0.3 is 0 Å². The number of rotatable bonds is 4. The molecule has 0 aliphatic carbocycles. The first-order valence-corrected chi connectivity index (χ1v) is 6.27. The van der Waals surface area contributed by atoms with Crippen molar-refractivity contribution >= 4 is 21.7 Å². The Morgan fingerprint density at radius 3 is 2.89 bits per heavy atom. The number of halogens is 2. The zero-order valence-corrected chi connectivity index (χ0v) is 11.7. The number of aryl methyl sites for hydroxylation is 1. The summed E-state index contributed by atoms with van der Waals surface area (Å²) in [6.45, 7) is 1.87. The Morgan fingerprint density at radius 1 is 1.37 bits per heavy atom. The molecule has 0 saturated carbocycles. The van der Waals surface area contributed by atoms with Crippen LogP contribution in [0, 0.1) is 12.7 Å². The number of nitrogens with one attached hydrogen (secondary N) is 1. The lowest BCUT2D eigenvalue weighted by atomic mass is 10.3. The Morgan fingerprint density at radius 2 is 2.16 bits per heavy atom. The lowest BCUT2D eigenvalue weighted by molar-refractivity contribution is 0.280. The molecule has 7 heteroatoms. The van der Waals surface area contributed by atoms with E-state index < -0.39 is 5.82 Å². The molecule has 0 fully saturated rings. The van der Waals surface area contributed by atoms with Crippen LogP contribution in [-0.2, 0) is 6.61 Å². The number of hydrogen-bond acceptors (Lipinski definition) is 5. The standard InChI is InChI=1S/C12H12BrFN4O/c1-7-4-11(18-15)17-12(16-7)6-19-10-5-8(13)2-3-9(10)14/h2-5H,6,15H2,1H3,(H,16,17,18). The zero-order valence-electron chi connectivity index (χ0n) is 10.2. The summed E-state index contributed by atoms with van der Waals surface area (Å²) in [5, 5.41) is 0. The summed E-state index contributed by atoms with van der Waals surface area (Å²) in [6.07, 6.45) is 0. The number of nitrogens with two attached hydrogens (primary N) is 1. The predicted octanol–water partition coefficient (Wildman–Crippen LogP) is 2.55. The molecule has 0 aliphatic heterocycles. The van der Waals surface area contributed by atoms with Gasteiger partial charge in [0.25, 0.3) is 0 Å². The Hall–Kier alpha value is -1.73. The normalized spacial score (nSPS) is 10.3. The number of ether oxygens (including phenoxy) is 1. The van der Waals surface area contributed by atoms with E-state index in [2.05, 4.69) is 31.3 Å². The number of anilines is 1. The molecule has 0 bridgehead atoms. The van der Waals surface area contributed by atoms with Gasteiger partial charge in [0.1, 0.15) is 12.4 Å². The van der Waals surface area contributed by atoms with Crippen LogP contribution in [0.3, 0.4) is 0 Å². The Kier molecular flexibility index (Phi) is 4.28. The van der Waals surface area contributed by atoms with Gasteiger partial charge in [-0.15, -0.1) is 0 Å². The molecule has 0 unspecified atom stereocenters. The Balaban J connectivity index is 2.14. The minimum Gasteiger partial charge on any atom is -0.482 e. The quantitative estimate of drug-likeness (QED) is 0.667. The number of aromatic nitrogens is 2. The van der Waals surface area contributed by atoms with Crippen molar-refractivity contribution in [1.29, 1.82) is 0 Å². The van der Waals surface area contributed by atoms with Crippen molar-refractivity contribution in [2.45, 2.75) is 13.5 Å². The van der Waals surface area contributed by atoms with E-state index in [1.54, 1.807) is 18.2 Å². The molecule has 0 spiro atoms. The van der Waals surface area contributed by atoms with E-state index in [-0.39, 0.29) is 12.4 Å². The van der Waals surface area contributed by atoms with Gasteiger partial charge in [0.05, 0.1) is 0 Å². The minimum absolute atomic E-state index is 0.0593. The van der Waals surface area contributed by atoms with Crippen LogP contribution in [0.1, 0.15) is 11.5 Å². The van der Waals surface area contributed by atoms with Gasteiger partial charge in [-0.05, 0) is 25.1 Å². The van der Waals surface area contributed by atoms with E-state index >= 15 is 0 Å². The zero-order chi connectivity index (χ0) is 13.8. The molecule has 100 valence electrons. The highest BCUT2D eigenvalue weighted by Gasteiger charge is 2.07. The second kappa shape index (κ2) is 5.94. The van der Waals surface area contributed by atoms with Gasteiger partial charge < -0.3 is 10.2 Å². The fourth-order valence-electron chi connectivity index (χ4n) is 1.50. The SMILES string of the molecule is Cc1cc(NN)nc(COc2cc(Br)ccc2F)n1. The maximum Gasteiger partial charge on any atom is 0.168 e. The lowest BCUT2D eigenvalue weighted by Crippen LogP contribution is -2.12. The minimum atomic E-state index is -0.437. The van der Waals surface area contributed by atoms with E-state index in [1.807, 2.05) is 6.92 Å². The molecule has 0 saturated heterocycles. The van der Waals surface area contributed by atoms with E-state index in [4.69, 9.17) is 10.6 Å². The number of nitrogens with zero attached hydrogens (tertiary/aromatic N) is 2. The van der Waals surface area contributed by atoms with Crippen LogP contribution in [0.2, 0.25) is 0 Å².